The SMILES string of the molecule is O=C(O)C(O)CCNS(=O)(=O)c1cccc(Br)c1. The van der Waals surface area contributed by atoms with Gasteiger partial charge in [0.25, 0.3) is 0 Å². The van der Waals surface area contributed by atoms with Gasteiger partial charge in [0.2, 0.25) is 10.0 Å². The lowest BCUT2D eigenvalue weighted by Crippen LogP contribution is -2.30. The molecule has 1 unspecified atom stereocenters. The van der Waals surface area contributed by atoms with Crippen LogP contribution in [0.5, 0.6) is 0 Å². The number of carboxylic acid groups (broad SMARTS) is 1. The number of rotatable bonds is 6. The summed E-state index contributed by atoms with van der Waals surface area (Å²) in [6.07, 6.45) is -1.77. The number of nitrogens with one attached hydrogen (secondary N) is 1. The van der Waals surface area contributed by atoms with Gasteiger partial charge in [0.05, 0.1) is 4.90 Å². The fourth-order valence-corrected chi connectivity index (χ4v) is 2.81. The molecule has 0 saturated carbocycles. The monoisotopic (exact) mass is 337 g/mol. The Morgan fingerprint density at radius 3 is 2.67 bits per heavy atom. The van der Waals surface area contributed by atoms with Gasteiger partial charge < -0.3 is 10.2 Å². The van der Waals surface area contributed by atoms with Crippen LogP contribution in [0.2, 0.25) is 0 Å². The van der Waals surface area contributed by atoms with Crippen LogP contribution < -0.4 is 4.72 Å². The fourth-order valence-electron chi connectivity index (χ4n) is 1.17. The van der Waals surface area contributed by atoms with Crippen molar-refractivity contribution in [2.24, 2.45) is 0 Å². The van der Waals surface area contributed by atoms with E-state index in [9.17, 15) is 13.2 Å². The van der Waals surface area contributed by atoms with E-state index in [0.29, 0.717) is 4.47 Å². The zero-order valence-corrected chi connectivity index (χ0v) is 11.6. The first-order valence-corrected chi connectivity index (χ1v) is 7.26. The Balaban J connectivity index is 2.64. The highest BCUT2D eigenvalue weighted by Crippen LogP contribution is 2.15. The van der Waals surface area contributed by atoms with E-state index in [0.717, 1.165) is 0 Å². The molecule has 0 radical (unpaired) electrons. The van der Waals surface area contributed by atoms with Crippen LogP contribution >= 0.6 is 15.9 Å². The largest absolute Gasteiger partial charge is 0.479 e. The fraction of sp³-hybridized carbons (Fsp3) is 0.300. The van der Waals surface area contributed by atoms with E-state index in [2.05, 4.69) is 20.7 Å². The number of aliphatic hydroxyl groups is 1. The molecule has 1 aromatic carbocycles. The second kappa shape index (κ2) is 6.28. The summed E-state index contributed by atoms with van der Waals surface area (Å²) in [5.41, 5.74) is 0. The maximum atomic E-state index is 11.8. The molecule has 18 heavy (non-hydrogen) atoms. The zero-order chi connectivity index (χ0) is 13.8. The van der Waals surface area contributed by atoms with E-state index >= 15 is 0 Å². The van der Waals surface area contributed by atoms with Gasteiger partial charge in [0, 0.05) is 11.0 Å². The maximum Gasteiger partial charge on any atom is 0.332 e. The summed E-state index contributed by atoms with van der Waals surface area (Å²) in [5, 5.41) is 17.4. The number of hydrogen-bond donors (Lipinski definition) is 3. The van der Waals surface area contributed by atoms with Crippen LogP contribution in [0.3, 0.4) is 0 Å². The van der Waals surface area contributed by atoms with Gasteiger partial charge in [-0.05, 0) is 24.6 Å². The quantitative estimate of drug-likeness (QED) is 0.703. The van der Waals surface area contributed by atoms with E-state index in [1.54, 1.807) is 12.1 Å². The Morgan fingerprint density at radius 1 is 1.44 bits per heavy atom. The highest BCUT2D eigenvalue weighted by Gasteiger charge is 2.17. The number of carbonyl (C=O) groups is 1. The molecule has 8 heteroatoms. The number of benzene rings is 1. The zero-order valence-electron chi connectivity index (χ0n) is 9.21. The smallest absolute Gasteiger partial charge is 0.332 e. The predicted molar refractivity (Wildman–Crippen MR) is 67.6 cm³/mol. The minimum Gasteiger partial charge on any atom is -0.479 e. The average molecular weight is 338 g/mol. The highest BCUT2D eigenvalue weighted by atomic mass is 79.9. The standard InChI is InChI=1S/C10H12BrNO5S/c11-7-2-1-3-8(6-7)18(16,17)12-5-4-9(13)10(14)15/h1-3,6,9,12-13H,4-5H2,(H,14,15). The van der Waals surface area contributed by atoms with Crippen molar-refractivity contribution in [3.8, 4) is 0 Å². The van der Waals surface area contributed by atoms with Crippen molar-refractivity contribution in [1.29, 1.82) is 0 Å². The second-order valence-corrected chi connectivity index (χ2v) is 6.18. The summed E-state index contributed by atoms with van der Waals surface area (Å²) < 4.78 is 26.4. The molecule has 0 aliphatic heterocycles. The molecule has 0 heterocycles. The lowest BCUT2D eigenvalue weighted by molar-refractivity contribution is -0.146. The normalized spacial score (nSPS) is 13.2. The number of halogens is 1. The first-order valence-electron chi connectivity index (χ1n) is 4.99. The van der Waals surface area contributed by atoms with Crippen molar-refractivity contribution in [1.82, 2.24) is 4.72 Å². The van der Waals surface area contributed by atoms with Crippen LogP contribution in [-0.4, -0.2) is 37.2 Å². The van der Waals surface area contributed by atoms with Crippen molar-refractivity contribution >= 4 is 31.9 Å². The van der Waals surface area contributed by atoms with Crippen molar-refractivity contribution in [3.05, 3.63) is 28.7 Å². The van der Waals surface area contributed by atoms with Gasteiger partial charge in [0.15, 0.2) is 6.10 Å². The van der Waals surface area contributed by atoms with Gasteiger partial charge in [-0.15, -0.1) is 0 Å². The van der Waals surface area contributed by atoms with Gasteiger partial charge in [0.1, 0.15) is 0 Å². The van der Waals surface area contributed by atoms with Gasteiger partial charge >= 0.3 is 5.97 Å². The molecular weight excluding hydrogens is 326 g/mol. The first kappa shape index (κ1) is 15.1. The van der Waals surface area contributed by atoms with Gasteiger partial charge in [-0.2, -0.15) is 0 Å². The number of aliphatic hydroxyl groups excluding tert-OH is 1. The van der Waals surface area contributed by atoms with Crippen LogP contribution in [0.4, 0.5) is 0 Å². The van der Waals surface area contributed by atoms with Crippen LogP contribution in [0, 0.1) is 0 Å². The summed E-state index contributed by atoms with van der Waals surface area (Å²) in [4.78, 5) is 10.4. The molecule has 3 N–H and O–H groups in total. The molecule has 0 fully saturated rings. The maximum absolute atomic E-state index is 11.8. The summed E-state index contributed by atoms with van der Waals surface area (Å²) in [6, 6.07) is 6.11. The molecule has 0 aromatic heterocycles. The molecule has 0 aliphatic carbocycles. The Labute approximate surface area is 113 Å². The highest BCUT2D eigenvalue weighted by molar-refractivity contribution is 9.10. The molecule has 0 saturated heterocycles. The average Bonchev–Trinajstić information content (AvgIpc) is 2.28. The van der Waals surface area contributed by atoms with Crippen molar-refractivity contribution in [2.45, 2.75) is 17.4 Å². The van der Waals surface area contributed by atoms with Crippen LogP contribution in [-0.2, 0) is 14.8 Å². The second-order valence-electron chi connectivity index (χ2n) is 3.50. The molecular formula is C10H12BrNO5S. The molecule has 0 bridgehead atoms. The molecule has 1 atom stereocenters. The molecule has 100 valence electrons. The molecule has 0 spiro atoms. The minimum absolute atomic E-state index is 0.0710. The predicted octanol–water partition coefficient (Wildman–Crippen LogP) is 0.563. The number of aliphatic carboxylic acids is 1. The summed E-state index contributed by atoms with van der Waals surface area (Å²) >= 11 is 3.16. The summed E-state index contributed by atoms with van der Waals surface area (Å²) in [6.45, 7) is -0.150. The van der Waals surface area contributed by atoms with Crippen molar-refractivity contribution < 1.29 is 23.4 Å². The minimum atomic E-state index is -3.69. The van der Waals surface area contributed by atoms with Crippen molar-refractivity contribution in [3.63, 3.8) is 0 Å². The van der Waals surface area contributed by atoms with Crippen molar-refractivity contribution in [2.75, 3.05) is 6.54 Å². The molecule has 0 aliphatic rings. The lowest BCUT2D eigenvalue weighted by Gasteiger charge is -2.08. The lowest BCUT2D eigenvalue weighted by atomic mass is 10.3. The van der Waals surface area contributed by atoms with E-state index in [-0.39, 0.29) is 17.9 Å². The third-order valence-corrected chi connectivity index (χ3v) is 4.05. The Morgan fingerprint density at radius 2 is 2.11 bits per heavy atom. The van der Waals surface area contributed by atoms with Crippen LogP contribution in [0.25, 0.3) is 0 Å². The van der Waals surface area contributed by atoms with Crippen LogP contribution in [0.1, 0.15) is 6.42 Å². The van der Waals surface area contributed by atoms with E-state index in [1.807, 2.05) is 0 Å². The first-order chi connectivity index (χ1) is 8.33. The van der Waals surface area contributed by atoms with E-state index < -0.39 is 22.1 Å². The topological polar surface area (TPSA) is 104 Å². The number of hydrogen-bond acceptors (Lipinski definition) is 4. The Bertz CT molecular complexity index is 531. The third-order valence-electron chi connectivity index (χ3n) is 2.10. The number of sulfonamides is 1. The Kier molecular flexibility index (Phi) is 5.27. The Hall–Kier alpha value is -0.960. The van der Waals surface area contributed by atoms with Gasteiger partial charge in [-0.3, -0.25) is 0 Å². The molecule has 1 aromatic rings. The van der Waals surface area contributed by atoms with E-state index in [1.165, 1.54) is 12.1 Å². The molecule has 1 rings (SSSR count). The van der Waals surface area contributed by atoms with Crippen LogP contribution in [0.15, 0.2) is 33.6 Å². The van der Waals surface area contributed by atoms with E-state index in [4.69, 9.17) is 10.2 Å². The van der Waals surface area contributed by atoms with Gasteiger partial charge in [-0.25, -0.2) is 17.9 Å². The van der Waals surface area contributed by atoms with Gasteiger partial charge in [-0.1, -0.05) is 22.0 Å². The summed E-state index contributed by atoms with van der Waals surface area (Å²) in [7, 11) is -3.69. The molecule has 6 nitrogen and oxygen atoms in total. The summed E-state index contributed by atoms with van der Waals surface area (Å²) in [5.74, 6) is -1.38. The number of carboxylic acids is 1. The molecule has 0 amide bonds. The third kappa shape index (κ3) is 4.37.